The minimum atomic E-state index is -0.610. The maximum atomic E-state index is 10.9. The molecule has 0 saturated heterocycles. The number of nitrogens with two attached hydrogens (primary N) is 2. The number of ether oxygens (including phenoxy) is 1. The van der Waals surface area contributed by atoms with Crippen molar-refractivity contribution in [2.75, 3.05) is 0 Å². The number of alkyl carbamates (subject to hydrolysis) is 1. The SMILES string of the molecule is CC(C)(C)OC(=O)N/C(N)=C/N. The molecule has 0 heterocycles. The number of hydrogen-bond donors (Lipinski definition) is 3. The molecule has 0 aromatic heterocycles. The third kappa shape index (κ3) is 5.40. The van der Waals surface area contributed by atoms with Gasteiger partial charge in [0.15, 0.2) is 0 Å². The molecule has 0 fully saturated rings. The van der Waals surface area contributed by atoms with E-state index >= 15 is 0 Å². The molecule has 5 heteroatoms. The zero-order valence-electron chi connectivity index (χ0n) is 7.55. The standard InChI is InChI=1S/C7H15N3O2/c1-7(2,3)12-6(11)10-5(9)4-8/h4H,8-9H2,1-3H3,(H,10,11)/b5-4+. The van der Waals surface area contributed by atoms with Crippen molar-refractivity contribution in [3.8, 4) is 0 Å². The molecule has 0 aromatic rings. The van der Waals surface area contributed by atoms with Crippen LogP contribution in [-0.4, -0.2) is 11.7 Å². The van der Waals surface area contributed by atoms with Gasteiger partial charge in [-0.25, -0.2) is 4.79 Å². The number of carbonyl (C=O) groups is 1. The molecule has 0 rings (SSSR count). The second-order valence-electron chi connectivity index (χ2n) is 3.25. The van der Waals surface area contributed by atoms with Gasteiger partial charge in [-0.3, -0.25) is 5.32 Å². The largest absolute Gasteiger partial charge is 0.444 e. The van der Waals surface area contributed by atoms with Gasteiger partial charge in [-0.15, -0.1) is 0 Å². The van der Waals surface area contributed by atoms with E-state index in [2.05, 4.69) is 5.32 Å². The first-order valence-electron chi connectivity index (χ1n) is 3.52. The van der Waals surface area contributed by atoms with Gasteiger partial charge in [0.1, 0.15) is 11.4 Å². The Kier molecular flexibility index (Phi) is 3.40. The third-order valence-corrected chi connectivity index (χ3v) is 0.825. The van der Waals surface area contributed by atoms with Crippen molar-refractivity contribution >= 4 is 6.09 Å². The highest BCUT2D eigenvalue weighted by Gasteiger charge is 2.15. The maximum Gasteiger partial charge on any atom is 0.413 e. The van der Waals surface area contributed by atoms with Crippen LogP contribution >= 0.6 is 0 Å². The predicted octanol–water partition coefficient (Wildman–Crippen LogP) is 0.227. The Balaban J connectivity index is 3.92. The average molecular weight is 173 g/mol. The highest BCUT2D eigenvalue weighted by molar-refractivity contribution is 5.69. The van der Waals surface area contributed by atoms with Gasteiger partial charge in [0, 0.05) is 6.20 Å². The number of rotatable bonds is 1. The van der Waals surface area contributed by atoms with Crippen LogP contribution in [-0.2, 0) is 4.74 Å². The molecule has 0 bridgehead atoms. The molecule has 0 aliphatic heterocycles. The maximum absolute atomic E-state index is 10.9. The molecule has 5 N–H and O–H groups in total. The van der Waals surface area contributed by atoms with Crippen LogP contribution < -0.4 is 16.8 Å². The number of carbonyl (C=O) groups excluding carboxylic acids is 1. The van der Waals surface area contributed by atoms with E-state index in [1.165, 1.54) is 0 Å². The second-order valence-corrected chi connectivity index (χ2v) is 3.25. The van der Waals surface area contributed by atoms with Gasteiger partial charge in [0.2, 0.25) is 0 Å². The van der Waals surface area contributed by atoms with Crippen LogP contribution in [0.2, 0.25) is 0 Å². The highest BCUT2D eigenvalue weighted by Crippen LogP contribution is 2.06. The Labute approximate surface area is 71.7 Å². The first kappa shape index (κ1) is 10.6. The van der Waals surface area contributed by atoms with Crippen LogP contribution in [0.1, 0.15) is 20.8 Å². The van der Waals surface area contributed by atoms with Crippen molar-refractivity contribution in [2.45, 2.75) is 26.4 Å². The van der Waals surface area contributed by atoms with Crippen molar-refractivity contribution in [2.24, 2.45) is 11.5 Å². The molecule has 0 aliphatic rings. The smallest absolute Gasteiger partial charge is 0.413 e. The lowest BCUT2D eigenvalue weighted by Gasteiger charge is -2.19. The van der Waals surface area contributed by atoms with Crippen molar-refractivity contribution in [1.29, 1.82) is 0 Å². The van der Waals surface area contributed by atoms with E-state index in [1.54, 1.807) is 20.8 Å². The van der Waals surface area contributed by atoms with E-state index in [0.29, 0.717) is 0 Å². The molecular formula is C7H15N3O2. The molecular weight excluding hydrogens is 158 g/mol. The summed E-state index contributed by atoms with van der Waals surface area (Å²) in [4.78, 5) is 10.9. The van der Waals surface area contributed by atoms with Crippen molar-refractivity contribution < 1.29 is 9.53 Å². The fourth-order valence-corrected chi connectivity index (χ4v) is 0.463. The summed E-state index contributed by atoms with van der Waals surface area (Å²) in [6.07, 6.45) is 0.478. The highest BCUT2D eigenvalue weighted by atomic mass is 16.6. The monoisotopic (exact) mass is 173 g/mol. The lowest BCUT2D eigenvalue weighted by atomic mass is 10.2. The Morgan fingerprint density at radius 2 is 2.00 bits per heavy atom. The summed E-state index contributed by atoms with van der Waals surface area (Å²) >= 11 is 0. The van der Waals surface area contributed by atoms with E-state index in [0.717, 1.165) is 6.20 Å². The normalized spacial score (nSPS) is 12.4. The lowest BCUT2D eigenvalue weighted by Crippen LogP contribution is -2.34. The minimum Gasteiger partial charge on any atom is -0.444 e. The van der Waals surface area contributed by atoms with Gasteiger partial charge in [0.25, 0.3) is 0 Å². The van der Waals surface area contributed by atoms with Crippen LogP contribution in [0.15, 0.2) is 12.0 Å². The Bertz CT molecular complexity index is 193. The van der Waals surface area contributed by atoms with Crippen molar-refractivity contribution in [3.63, 3.8) is 0 Å². The molecule has 0 saturated carbocycles. The van der Waals surface area contributed by atoms with Crippen LogP contribution in [0.3, 0.4) is 0 Å². The summed E-state index contributed by atoms with van der Waals surface area (Å²) in [7, 11) is 0. The van der Waals surface area contributed by atoms with E-state index in [1.807, 2.05) is 0 Å². The van der Waals surface area contributed by atoms with Gasteiger partial charge < -0.3 is 16.2 Å². The van der Waals surface area contributed by atoms with Crippen molar-refractivity contribution in [1.82, 2.24) is 5.32 Å². The summed E-state index contributed by atoms with van der Waals surface area (Å²) < 4.78 is 4.88. The number of hydrogen-bond acceptors (Lipinski definition) is 4. The van der Waals surface area contributed by atoms with Gasteiger partial charge in [-0.2, -0.15) is 0 Å². The van der Waals surface area contributed by atoms with Crippen LogP contribution in [0.5, 0.6) is 0 Å². The molecule has 0 aromatic carbocycles. The first-order chi connectivity index (χ1) is 5.35. The van der Waals surface area contributed by atoms with Gasteiger partial charge >= 0.3 is 6.09 Å². The van der Waals surface area contributed by atoms with E-state index < -0.39 is 11.7 Å². The van der Waals surface area contributed by atoms with Crippen LogP contribution in [0, 0.1) is 0 Å². The molecule has 70 valence electrons. The molecule has 0 spiro atoms. The van der Waals surface area contributed by atoms with Crippen LogP contribution in [0.4, 0.5) is 4.79 Å². The Hall–Kier alpha value is -1.39. The molecule has 0 aliphatic carbocycles. The fourth-order valence-electron chi connectivity index (χ4n) is 0.463. The number of amides is 1. The second kappa shape index (κ2) is 3.85. The molecule has 0 radical (unpaired) electrons. The Morgan fingerprint density at radius 1 is 1.50 bits per heavy atom. The summed E-state index contributed by atoms with van der Waals surface area (Å²) in [5.41, 5.74) is 9.71. The average Bonchev–Trinajstić information content (AvgIpc) is 1.82. The fraction of sp³-hybridized carbons (Fsp3) is 0.571. The molecule has 1 amide bonds. The van der Waals surface area contributed by atoms with Gasteiger partial charge in [-0.1, -0.05) is 0 Å². The number of nitrogens with one attached hydrogen (secondary N) is 1. The van der Waals surface area contributed by atoms with E-state index in [-0.39, 0.29) is 5.82 Å². The van der Waals surface area contributed by atoms with E-state index in [4.69, 9.17) is 16.2 Å². The van der Waals surface area contributed by atoms with Crippen LogP contribution in [0.25, 0.3) is 0 Å². The van der Waals surface area contributed by atoms with Gasteiger partial charge in [0.05, 0.1) is 0 Å². The summed E-state index contributed by atoms with van der Waals surface area (Å²) in [5.74, 6) is 0.0734. The minimum absolute atomic E-state index is 0.0734. The zero-order chi connectivity index (χ0) is 9.78. The molecule has 0 unspecified atom stereocenters. The third-order valence-electron chi connectivity index (χ3n) is 0.825. The topological polar surface area (TPSA) is 90.4 Å². The van der Waals surface area contributed by atoms with E-state index in [9.17, 15) is 4.79 Å². The molecule has 5 nitrogen and oxygen atoms in total. The van der Waals surface area contributed by atoms with Crippen molar-refractivity contribution in [3.05, 3.63) is 12.0 Å². The van der Waals surface area contributed by atoms with Gasteiger partial charge in [-0.05, 0) is 20.8 Å². The summed E-state index contributed by atoms with van der Waals surface area (Å²) in [6.45, 7) is 5.28. The zero-order valence-corrected chi connectivity index (χ0v) is 7.55. The molecule has 0 atom stereocenters. The molecule has 12 heavy (non-hydrogen) atoms. The Morgan fingerprint density at radius 3 is 2.33 bits per heavy atom. The first-order valence-corrected chi connectivity index (χ1v) is 3.52. The summed E-state index contributed by atoms with van der Waals surface area (Å²) in [5, 5.41) is 2.24. The lowest BCUT2D eigenvalue weighted by molar-refractivity contribution is 0.0545. The quantitative estimate of drug-likeness (QED) is 0.529. The summed E-state index contributed by atoms with van der Waals surface area (Å²) in [6, 6.07) is 0. The predicted molar refractivity (Wildman–Crippen MR) is 45.8 cm³/mol.